The summed E-state index contributed by atoms with van der Waals surface area (Å²) in [6, 6.07) is 12.3. The van der Waals surface area contributed by atoms with Crippen molar-refractivity contribution in [1.82, 2.24) is 14.2 Å². The number of fused-ring (bicyclic) bond motifs is 1. The lowest BCUT2D eigenvalue weighted by molar-refractivity contribution is 0.0611. The second-order valence-electron chi connectivity index (χ2n) is 7.46. The molecule has 1 atom stereocenters. The van der Waals surface area contributed by atoms with Gasteiger partial charge in [-0.15, -0.1) is 11.3 Å². The molecule has 158 valence electrons. The van der Waals surface area contributed by atoms with Gasteiger partial charge in [-0.25, -0.2) is 17.7 Å². The van der Waals surface area contributed by atoms with Crippen LogP contribution in [0.5, 0.6) is 0 Å². The van der Waals surface area contributed by atoms with Gasteiger partial charge in [0.25, 0.3) is 5.91 Å². The number of piperidine rings is 1. The maximum atomic E-state index is 13.4. The number of halogens is 1. The lowest BCUT2D eigenvalue weighted by atomic mass is 10.0. The molecule has 1 aromatic heterocycles. The molecule has 2 heterocycles. The van der Waals surface area contributed by atoms with Crippen molar-refractivity contribution in [2.75, 3.05) is 20.6 Å². The highest BCUT2D eigenvalue weighted by Crippen LogP contribution is 2.37. The average Bonchev–Trinajstić information content (AvgIpc) is 3.17. The molecular formula is C21H22ClN3O3S2. The van der Waals surface area contributed by atoms with E-state index in [1.165, 1.54) is 26.2 Å². The van der Waals surface area contributed by atoms with Crippen LogP contribution in [0.25, 0.3) is 10.2 Å². The predicted molar refractivity (Wildman–Crippen MR) is 120 cm³/mol. The lowest BCUT2D eigenvalue weighted by Crippen LogP contribution is -2.38. The molecule has 4 rings (SSSR count). The molecule has 0 saturated carbocycles. The van der Waals surface area contributed by atoms with Crippen molar-refractivity contribution in [3.8, 4) is 0 Å². The molecule has 2 aromatic carbocycles. The molecule has 1 amide bonds. The highest BCUT2D eigenvalue weighted by molar-refractivity contribution is 7.89. The van der Waals surface area contributed by atoms with Crippen molar-refractivity contribution in [2.24, 2.45) is 0 Å². The molecule has 1 fully saturated rings. The van der Waals surface area contributed by atoms with E-state index in [1.54, 1.807) is 17.4 Å². The first-order chi connectivity index (χ1) is 14.3. The zero-order valence-corrected chi connectivity index (χ0v) is 19.1. The summed E-state index contributed by atoms with van der Waals surface area (Å²) in [6.07, 6.45) is 2.76. The SMILES string of the molecule is CN(C)S(=O)(=O)c1cc(C(=O)N2CCCCC2c2nc3ccccc3s2)ccc1Cl. The van der Waals surface area contributed by atoms with Crippen molar-refractivity contribution in [1.29, 1.82) is 0 Å². The van der Waals surface area contributed by atoms with Gasteiger partial charge in [0, 0.05) is 26.2 Å². The van der Waals surface area contributed by atoms with E-state index < -0.39 is 10.0 Å². The first kappa shape index (κ1) is 21.2. The van der Waals surface area contributed by atoms with Crippen LogP contribution in [-0.4, -0.2) is 49.2 Å². The Morgan fingerprint density at radius 2 is 1.97 bits per heavy atom. The number of carbonyl (C=O) groups is 1. The number of para-hydroxylation sites is 1. The van der Waals surface area contributed by atoms with Crippen molar-refractivity contribution in [3.05, 3.63) is 58.1 Å². The molecule has 0 N–H and O–H groups in total. The fourth-order valence-electron chi connectivity index (χ4n) is 3.66. The Kier molecular flexibility index (Phi) is 5.85. The Hall–Kier alpha value is -2.00. The third-order valence-electron chi connectivity index (χ3n) is 5.30. The van der Waals surface area contributed by atoms with E-state index in [1.807, 2.05) is 29.2 Å². The maximum Gasteiger partial charge on any atom is 0.254 e. The number of amides is 1. The van der Waals surface area contributed by atoms with Gasteiger partial charge in [-0.2, -0.15) is 0 Å². The maximum absolute atomic E-state index is 13.4. The van der Waals surface area contributed by atoms with Gasteiger partial charge in [-0.3, -0.25) is 4.79 Å². The van der Waals surface area contributed by atoms with Crippen LogP contribution in [0.2, 0.25) is 5.02 Å². The van der Waals surface area contributed by atoms with Gasteiger partial charge in [0.1, 0.15) is 9.90 Å². The van der Waals surface area contributed by atoms with Crippen LogP contribution < -0.4 is 0 Å². The first-order valence-electron chi connectivity index (χ1n) is 9.67. The number of carbonyl (C=O) groups excluding carboxylic acids is 1. The number of hydrogen-bond donors (Lipinski definition) is 0. The summed E-state index contributed by atoms with van der Waals surface area (Å²) in [4.78, 5) is 19.9. The van der Waals surface area contributed by atoms with Crippen LogP contribution in [-0.2, 0) is 10.0 Å². The summed E-state index contributed by atoms with van der Waals surface area (Å²) in [6.45, 7) is 0.609. The first-order valence-corrected chi connectivity index (χ1v) is 12.3. The van der Waals surface area contributed by atoms with Gasteiger partial charge in [0.05, 0.1) is 21.3 Å². The Bertz CT molecular complexity index is 1170. The van der Waals surface area contributed by atoms with Crippen LogP contribution >= 0.6 is 22.9 Å². The van der Waals surface area contributed by atoms with Gasteiger partial charge < -0.3 is 4.90 Å². The third-order valence-corrected chi connectivity index (χ3v) is 8.73. The molecular weight excluding hydrogens is 442 g/mol. The number of sulfonamides is 1. The minimum absolute atomic E-state index is 0.0615. The summed E-state index contributed by atoms with van der Waals surface area (Å²) in [7, 11) is -0.880. The summed E-state index contributed by atoms with van der Waals surface area (Å²) in [5.41, 5.74) is 1.24. The highest BCUT2D eigenvalue weighted by atomic mass is 35.5. The van der Waals surface area contributed by atoms with Crippen molar-refractivity contribution in [3.63, 3.8) is 0 Å². The molecule has 0 spiro atoms. The number of hydrogen-bond acceptors (Lipinski definition) is 5. The van der Waals surface area contributed by atoms with Crippen molar-refractivity contribution >= 4 is 49.1 Å². The molecule has 0 aliphatic carbocycles. The minimum atomic E-state index is -3.76. The summed E-state index contributed by atoms with van der Waals surface area (Å²) in [5, 5.41) is 1.01. The number of nitrogens with zero attached hydrogens (tertiary/aromatic N) is 3. The Balaban J connectivity index is 1.70. The van der Waals surface area contributed by atoms with Crippen LogP contribution in [0.4, 0.5) is 0 Å². The largest absolute Gasteiger partial charge is 0.329 e. The van der Waals surface area contributed by atoms with Gasteiger partial charge in [0.15, 0.2) is 0 Å². The van der Waals surface area contributed by atoms with Crippen LogP contribution in [0, 0.1) is 0 Å². The molecule has 1 aliphatic rings. The average molecular weight is 464 g/mol. The van der Waals surface area contributed by atoms with Gasteiger partial charge in [-0.05, 0) is 49.6 Å². The molecule has 30 heavy (non-hydrogen) atoms. The van der Waals surface area contributed by atoms with E-state index in [0.717, 1.165) is 38.8 Å². The number of rotatable bonds is 4. The molecule has 3 aromatic rings. The van der Waals surface area contributed by atoms with E-state index >= 15 is 0 Å². The van der Waals surface area contributed by atoms with Crippen molar-refractivity contribution in [2.45, 2.75) is 30.2 Å². The molecule has 0 bridgehead atoms. The molecule has 0 radical (unpaired) electrons. The van der Waals surface area contributed by atoms with E-state index in [9.17, 15) is 13.2 Å². The van der Waals surface area contributed by atoms with Crippen LogP contribution in [0.1, 0.15) is 40.7 Å². The number of aromatic nitrogens is 1. The summed E-state index contributed by atoms with van der Waals surface area (Å²) in [5.74, 6) is -0.203. The molecule has 1 aliphatic heterocycles. The van der Waals surface area contributed by atoms with E-state index in [-0.39, 0.29) is 21.9 Å². The zero-order chi connectivity index (χ0) is 21.5. The van der Waals surface area contributed by atoms with Gasteiger partial charge in [0.2, 0.25) is 10.0 Å². The second-order valence-corrected chi connectivity index (χ2v) is 11.1. The fraction of sp³-hybridized carbons (Fsp3) is 0.333. The summed E-state index contributed by atoms with van der Waals surface area (Å²) >= 11 is 7.75. The fourth-order valence-corrected chi connectivity index (χ4v) is 6.17. The van der Waals surface area contributed by atoms with Gasteiger partial charge >= 0.3 is 0 Å². The predicted octanol–water partition coefficient (Wildman–Crippen LogP) is 4.57. The van der Waals surface area contributed by atoms with E-state index in [2.05, 4.69) is 0 Å². The Labute approximate surface area is 185 Å². The highest BCUT2D eigenvalue weighted by Gasteiger charge is 2.32. The van der Waals surface area contributed by atoms with Crippen LogP contribution in [0.3, 0.4) is 0 Å². The minimum Gasteiger partial charge on any atom is -0.329 e. The molecule has 1 unspecified atom stereocenters. The second kappa shape index (κ2) is 8.26. The van der Waals surface area contributed by atoms with E-state index in [4.69, 9.17) is 16.6 Å². The third kappa shape index (κ3) is 3.85. The quantitative estimate of drug-likeness (QED) is 0.568. The molecule has 6 nitrogen and oxygen atoms in total. The van der Waals surface area contributed by atoms with Crippen LogP contribution in [0.15, 0.2) is 47.4 Å². The molecule has 1 saturated heterocycles. The molecule has 9 heteroatoms. The lowest BCUT2D eigenvalue weighted by Gasteiger charge is -2.34. The number of likely N-dealkylation sites (tertiary alicyclic amines) is 1. The van der Waals surface area contributed by atoms with E-state index in [0.29, 0.717) is 12.1 Å². The summed E-state index contributed by atoms with van der Waals surface area (Å²) < 4.78 is 27.4. The number of thiazole rings is 1. The zero-order valence-electron chi connectivity index (χ0n) is 16.7. The van der Waals surface area contributed by atoms with Gasteiger partial charge in [-0.1, -0.05) is 23.7 Å². The normalized spacial score (nSPS) is 17.6. The Morgan fingerprint density at radius 3 is 2.70 bits per heavy atom. The standard InChI is InChI=1S/C21H22ClN3O3S2/c1-24(2)30(27,28)19-13-14(10-11-15(19)22)21(26)25-12-6-5-8-17(25)20-23-16-7-3-4-9-18(16)29-20/h3-4,7,9-11,13,17H,5-6,8,12H2,1-2H3. The number of benzene rings is 2. The van der Waals surface area contributed by atoms with Crippen molar-refractivity contribution < 1.29 is 13.2 Å². The smallest absolute Gasteiger partial charge is 0.254 e. The monoisotopic (exact) mass is 463 g/mol. The topological polar surface area (TPSA) is 70.6 Å². The Morgan fingerprint density at radius 1 is 1.20 bits per heavy atom.